The van der Waals surface area contributed by atoms with Crippen LogP contribution < -0.4 is 5.73 Å². The molecule has 4 aromatic rings. The second-order valence-electron chi connectivity index (χ2n) is 5.63. The van der Waals surface area contributed by atoms with E-state index in [0.717, 1.165) is 21.9 Å². The lowest BCUT2D eigenvalue weighted by Crippen LogP contribution is -1.98. The summed E-state index contributed by atoms with van der Waals surface area (Å²) in [6.07, 6.45) is 0. The van der Waals surface area contributed by atoms with E-state index in [1.165, 1.54) is 0 Å². The van der Waals surface area contributed by atoms with Crippen molar-refractivity contribution in [3.05, 3.63) is 83.1 Å². The van der Waals surface area contributed by atoms with Crippen molar-refractivity contribution in [1.29, 1.82) is 0 Å². The largest absolute Gasteiger partial charge is 0.384 e. The molecule has 124 valence electrons. The molecule has 0 unspecified atom stereocenters. The number of hydrogen-bond acceptors (Lipinski definition) is 4. The lowest BCUT2D eigenvalue weighted by Gasteiger charge is -2.08. The number of benzene rings is 2. The first-order chi connectivity index (χ1) is 12.7. The Kier molecular flexibility index (Phi) is 4.22. The highest BCUT2D eigenvalue weighted by atomic mass is 35.5. The Hall–Kier alpha value is -3.42. The lowest BCUT2D eigenvalue weighted by molar-refractivity contribution is 1.05. The maximum atomic E-state index is 6.19. The van der Waals surface area contributed by atoms with E-state index in [-0.39, 0.29) is 0 Å². The van der Waals surface area contributed by atoms with E-state index in [2.05, 4.69) is 27.0 Å². The Bertz CT molecular complexity index is 1160. The van der Waals surface area contributed by atoms with Crippen molar-refractivity contribution in [2.75, 3.05) is 5.73 Å². The summed E-state index contributed by atoms with van der Waals surface area (Å²) in [4.78, 5) is 4.40. The highest BCUT2D eigenvalue weighted by Crippen LogP contribution is 2.31. The molecule has 0 radical (unpaired) electrons. The predicted molar refractivity (Wildman–Crippen MR) is 105 cm³/mol. The summed E-state index contributed by atoms with van der Waals surface area (Å²) in [5, 5.41) is 10.5. The van der Waals surface area contributed by atoms with Gasteiger partial charge in [0.1, 0.15) is 17.2 Å². The Morgan fingerprint density at radius 1 is 0.769 bits per heavy atom. The van der Waals surface area contributed by atoms with Crippen LogP contribution in [0.2, 0.25) is 5.15 Å². The maximum absolute atomic E-state index is 6.19. The summed E-state index contributed by atoms with van der Waals surface area (Å²) < 4.78 is 0. The van der Waals surface area contributed by atoms with Gasteiger partial charge in [0.2, 0.25) is 0 Å². The summed E-state index contributed by atoms with van der Waals surface area (Å²) in [6.45, 7) is 0. The molecule has 0 aliphatic heterocycles. The van der Waals surface area contributed by atoms with Gasteiger partial charge in [-0.2, -0.15) is 0 Å². The summed E-state index contributed by atoms with van der Waals surface area (Å²) >= 11 is 6.19. The molecule has 2 aromatic carbocycles. The van der Waals surface area contributed by atoms with Crippen LogP contribution in [0.25, 0.3) is 22.0 Å². The highest BCUT2D eigenvalue weighted by molar-refractivity contribution is 6.34. The van der Waals surface area contributed by atoms with Gasteiger partial charge < -0.3 is 5.73 Å². The normalized spacial score (nSPS) is 10.3. The van der Waals surface area contributed by atoms with Crippen LogP contribution in [0.1, 0.15) is 11.3 Å². The number of aromatic nitrogens is 3. The summed E-state index contributed by atoms with van der Waals surface area (Å²) in [6, 6.07) is 21.0. The van der Waals surface area contributed by atoms with Gasteiger partial charge in [-0.3, -0.25) is 0 Å². The average Bonchev–Trinajstić information content (AvgIpc) is 2.68. The van der Waals surface area contributed by atoms with Crippen molar-refractivity contribution in [2.24, 2.45) is 0 Å². The van der Waals surface area contributed by atoms with Crippen LogP contribution >= 0.6 is 11.6 Å². The minimum absolute atomic E-state index is 0.365. The molecule has 0 aliphatic rings. The van der Waals surface area contributed by atoms with Crippen molar-refractivity contribution >= 4 is 28.2 Å². The van der Waals surface area contributed by atoms with Crippen molar-refractivity contribution in [3.63, 3.8) is 0 Å². The molecule has 0 bridgehead atoms. The number of fused-ring (bicyclic) bond motifs is 1. The molecule has 26 heavy (non-hydrogen) atoms. The minimum Gasteiger partial charge on any atom is -0.384 e. The van der Waals surface area contributed by atoms with Gasteiger partial charge in [-0.25, -0.2) is 4.98 Å². The summed E-state index contributed by atoms with van der Waals surface area (Å²) in [5.41, 5.74) is 8.77. The van der Waals surface area contributed by atoms with Crippen LogP contribution in [0.3, 0.4) is 0 Å². The molecule has 5 heteroatoms. The second kappa shape index (κ2) is 6.83. The zero-order valence-electron chi connectivity index (χ0n) is 13.6. The summed E-state index contributed by atoms with van der Waals surface area (Å²) in [7, 11) is 0. The van der Waals surface area contributed by atoms with Gasteiger partial charge in [-0.15, -0.1) is 10.2 Å². The number of nitrogens with zero attached hydrogens (tertiary/aromatic N) is 3. The number of halogens is 1. The first kappa shape index (κ1) is 16.1. The zero-order chi connectivity index (χ0) is 17.9. The van der Waals surface area contributed by atoms with Crippen molar-refractivity contribution in [2.45, 2.75) is 0 Å². The second-order valence-corrected chi connectivity index (χ2v) is 5.99. The van der Waals surface area contributed by atoms with E-state index in [9.17, 15) is 0 Å². The number of pyridine rings is 1. The van der Waals surface area contributed by atoms with Gasteiger partial charge in [0.25, 0.3) is 0 Å². The molecule has 0 atom stereocenters. The fourth-order valence-electron chi connectivity index (χ4n) is 2.68. The third kappa shape index (κ3) is 3.08. The number of hydrogen-bond donors (Lipinski definition) is 1. The van der Waals surface area contributed by atoms with Gasteiger partial charge >= 0.3 is 0 Å². The molecule has 0 fully saturated rings. The van der Waals surface area contributed by atoms with Gasteiger partial charge in [0.05, 0.1) is 0 Å². The van der Waals surface area contributed by atoms with E-state index in [1.807, 2.05) is 60.7 Å². The van der Waals surface area contributed by atoms with Crippen molar-refractivity contribution in [3.8, 4) is 23.1 Å². The van der Waals surface area contributed by atoms with Gasteiger partial charge in [0, 0.05) is 21.9 Å². The average molecular weight is 357 g/mol. The number of nitrogens with two attached hydrogens (primary N) is 1. The third-order valence-corrected chi connectivity index (χ3v) is 4.19. The molecule has 0 amide bonds. The van der Waals surface area contributed by atoms with Gasteiger partial charge in [0.15, 0.2) is 5.15 Å². The first-order valence-corrected chi connectivity index (χ1v) is 8.35. The molecule has 0 spiro atoms. The van der Waals surface area contributed by atoms with Crippen molar-refractivity contribution < 1.29 is 0 Å². The minimum atomic E-state index is 0.365. The van der Waals surface area contributed by atoms with Crippen LogP contribution in [-0.2, 0) is 0 Å². The monoisotopic (exact) mass is 356 g/mol. The Morgan fingerprint density at radius 3 is 2.31 bits per heavy atom. The molecule has 0 aliphatic carbocycles. The standard InChI is InChI=1S/C21H13ClN4/c22-21-16-9-5-4-8-15(16)20(25-26-21)17-11-13-19(23)24-18(17)12-10-14-6-2-1-3-7-14/h1-9,11,13H,(H2,23,24). The van der Waals surface area contributed by atoms with Crippen LogP contribution in [0, 0.1) is 11.8 Å². The number of nitrogen functional groups attached to an aromatic ring is 1. The van der Waals surface area contributed by atoms with Crippen molar-refractivity contribution in [1.82, 2.24) is 15.2 Å². The SMILES string of the molecule is Nc1ccc(-c2nnc(Cl)c3ccccc23)c(C#Cc2ccccc2)n1. The Labute approximate surface area is 155 Å². The molecule has 0 saturated heterocycles. The first-order valence-electron chi connectivity index (χ1n) is 7.97. The molecule has 2 heterocycles. The maximum Gasteiger partial charge on any atom is 0.159 e. The third-order valence-electron chi connectivity index (χ3n) is 3.91. The van der Waals surface area contributed by atoms with Crippen LogP contribution in [-0.4, -0.2) is 15.2 Å². The Morgan fingerprint density at radius 2 is 1.50 bits per heavy atom. The molecular formula is C21H13ClN4. The smallest absolute Gasteiger partial charge is 0.159 e. The topological polar surface area (TPSA) is 64.7 Å². The highest BCUT2D eigenvalue weighted by Gasteiger charge is 2.13. The fraction of sp³-hybridized carbons (Fsp3) is 0. The lowest BCUT2D eigenvalue weighted by atomic mass is 10.0. The van der Waals surface area contributed by atoms with E-state index in [1.54, 1.807) is 6.07 Å². The molecule has 4 nitrogen and oxygen atoms in total. The molecule has 2 N–H and O–H groups in total. The van der Waals surface area contributed by atoms with Crippen LogP contribution in [0.4, 0.5) is 5.82 Å². The zero-order valence-corrected chi connectivity index (χ0v) is 14.4. The quantitative estimate of drug-likeness (QED) is 0.516. The van der Waals surface area contributed by atoms with E-state index in [0.29, 0.717) is 22.4 Å². The summed E-state index contributed by atoms with van der Waals surface area (Å²) in [5.74, 6) is 6.62. The van der Waals surface area contributed by atoms with Gasteiger partial charge in [-0.1, -0.05) is 60.0 Å². The molecular weight excluding hydrogens is 344 g/mol. The van der Waals surface area contributed by atoms with E-state index < -0.39 is 0 Å². The van der Waals surface area contributed by atoms with Gasteiger partial charge in [-0.05, 0) is 30.2 Å². The van der Waals surface area contributed by atoms with E-state index >= 15 is 0 Å². The number of anilines is 1. The predicted octanol–water partition coefficient (Wildman–Crippen LogP) is 4.33. The molecule has 2 aromatic heterocycles. The Balaban J connectivity index is 1.92. The molecule has 0 saturated carbocycles. The van der Waals surface area contributed by atoms with E-state index in [4.69, 9.17) is 17.3 Å². The van der Waals surface area contributed by atoms with Crippen LogP contribution in [0.15, 0.2) is 66.7 Å². The molecule has 4 rings (SSSR count). The number of rotatable bonds is 1. The van der Waals surface area contributed by atoms with Crippen LogP contribution in [0.5, 0.6) is 0 Å². The fourth-order valence-corrected chi connectivity index (χ4v) is 2.89.